The molecule has 140 valence electrons. The van der Waals surface area contributed by atoms with Crippen molar-refractivity contribution >= 4 is 5.91 Å². The molecule has 1 aliphatic heterocycles. The van der Waals surface area contributed by atoms with Gasteiger partial charge >= 0.3 is 6.18 Å². The number of nitrogens with one attached hydrogen (secondary N) is 2. The summed E-state index contributed by atoms with van der Waals surface area (Å²) in [6.45, 7) is 5.96. The van der Waals surface area contributed by atoms with Crippen molar-refractivity contribution in [3.8, 4) is 5.88 Å². The number of carbonyl (C=O) groups excluding carboxylic acids is 1. The summed E-state index contributed by atoms with van der Waals surface area (Å²) in [7, 11) is 0. The van der Waals surface area contributed by atoms with Crippen LogP contribution in [-0.2, 0) is 11.0 Å². The van der Waals surface area contributed by atoms with E-state index in [9.17, 15) is 18.0 Å². The van der Waals surface area contributed by atoms with Crippen molar-refractivity contribution in [1.29, 1.82) is 0 Å². The largest absolute Gasteiger partial charge is 0.476 e. The molecule has 2 heterocycles. The van der Waals surface area contributed by atoms with E-state index >= 15 is 0 Å². The van der Waals surface area contributed by atoms with Gasteiger partial charge in [0.15, 0.2) is 0 Å². The minimum atomic E-state index is -4.55. The highest BCUT2D eigenvalue weighted by molar-refractivity contribution is 5.82. The molecule has 2 atom stereocenters. The lowest BCUT2D eigenvalue weighted by Crippen LogP contribution is -2.51. The summed E-state index contributed by atoms with van der Waals surface area (Å²) in [6, 6.07) is 2.49. The van der Waals surface area contributed by atoms with Crippen molar-refractivity contribution < 1.29 is 22.7 Å². The normalized spacial score (nSPS) is 21.7. The van der Waals surface area contributed by atoms with Crippen LogP contribution in [0.2, 0.25) is 0 Å². The summed E-state index contributed by atoms with van der Waals surface area (Å²) in [5, 5.41) is 6.27. The Morgan fingerprint density at radius 3 is 2.80 bits per heavy atom. The number of alkyl halides is 3. The van der Waals surface area contributed by atoms with Gasteiger partial charge in [0.2, 0.25) is 11.8 Å². The first-order valence-corrected chi connectivity index (χ1v) is 8.29. The molecule has 0 radical (unpaired) electrons. The minimum absolute atomic E-state index is 0.0589. The van der Waals surface area contributed by atoms with Gasteiger partial charge in [-0.25, -0.2) is 4.98 Å². The summed E-state index contributed by atoms with van der Waals surface area (Å²) in [4.78, 5) is 16.1. The van der Waals surface area contributed by atoms with Crippen LogP contribution < -0.4 is 15.4 Å². The predicted molar refractivity (Wildman–Crippen MR) is 87.1 cm³/mol. The summed E-state index contributed by atoms with van der Waals surface area (Å²) < 4.78 is 44.2. The van der Waals surface area contributed by atoms with Gasteiger partial charge in [-0.1, -0.05) is 0 Å². The SMILES string of the molecule is CC1CC(NC(=O)C(C)(C)COc2ncccc2C(F)(F)F)CCN1. The maximum atomic E-state index is 13.0. The van der Waals surface area contributed by atoms with Crippen LogP contribution in [0, 0.1) is 5.41 Å². The summed E-state index contributed by atoms with van der Waals surface area (Å²) >= 11 is 0. The van der Waals surface area contributed by atoms with E-state index < -0.39 is 23.0 Å². The molecule has 1 amide bonds. The number of pyridine rings is 1. The number of rotatable bonds is 5. The van der Waals surface area contributed by atoms with Crippen LogP contribution in [0.1, 0.15) is 39.2 Å². The second kappa shape index (κ2) is 7.59. The van der Waals surface area contributed by atoms with Gasteiger partial charge in [0.25, 0.3) is 0 Å². The van der Waals surface area contributed by atoms with E-state index in [0.29, 0.717) is 6.04 Å². The Kier molecular flexibility index (Phi) is 5.92. The van der Waals surface area contributed by atoms with Gasteiger partial charge in [-0.2, -0.15) is 13.2 Å². The molecule has 1 saturated heterocycles. The van der Waals surface area contributed by atoms with Gasteiger partial charge in [-0.3, -0.25) is 4.79 Å². The number of hydrogen-bond donors (Lipinski definition) is 2. The smallest absolute Gasteiger partial charge is 0.421 e. The highest BCUT2D eigenvalue weighted by atomic mass is 19.4. The Labute approximate surface area is 145 Å². The lowest BCUT2D eigenvalue weighted by molar-refractivity contribution is -0.139. The topological polar surface area (TPSA) is 63.2 Å². The number of halogens is 3. The molecule has 2 N–H and O–H groups in total. The molecule has 2 unspecified atom stereocenters. The average molecular weight is 359 g/mol. The Bertz CT molecular complexity index is 605. The van der Waals surface area contributed by atoms with E-state index in [1.807, 2.05) is 6.92 Å². The maximum Gasteiger partial charge on any atom is 0.421 e. The molecule has 1 aromatic rings. The van der Waals surface area contributed by atoms with Crippen molar-refractivity contribution in [3.05, 3.63) is 23.9 Å². The number of carbonyl (C=O) groups is 1. The number of piperidine rings is 1. The third kappa shape index (κ3) is 5.32. The Balaban J connectivity index is 1.98. The Morgan fingerprint density at radius 1 is 1.44 bits per heavy atom. The molecule has 1 aliphatic rings. The molecule has 0 bridgehead atoms. The Hall–Kier alpha value is -1.83. The molecule has 5 nitrogen and oxygen atoms in total. The van der Waals surface area contributed by atoms with E-state index in [0.717, 1.165) is 25.5 Å². The zero-order valence-corrected chi connectivity index (χ0v) is 14.6. The van der Waals surface area contributed by atoms with Gasteiger partial charge in [0, 0.05) is 18.3 Å². The molecule has 0 aromatic carbocycles. The Morgan fingerprint density at radius 2 is 2.16 bits per heavy atom. The van der Waals surface area contributed by atoms with Crippen molar-refractivity contribution in [2.24, 2.45) is 5.41 Å². The molecule has 8 heteroatoms. The standard InChI is InChI=1S/C17H24F3N3O2/c1-11-9-12(6-8-21-11)23-15(24)16(2,3)10-25-14-13(17(18,19)20)5-4-7-22-14/h4-5,7,11-12,21H,6,8-10H2,1-3H3,(H,23,24). The number of ether oxygens (including phenoxy) is 1. The molecular weight excluding hydrogens is 335 g/mol. The number of amides is 1. The second-order valence-electron chi connectivity index (χ2n) is 7.08. The van der Waals surface area contributed by atoms with Crippen molar-refractivity contribution in [3.63, 3.8) is 0 Å². The molecular formula is C17H24F3N3O2. The molecule has 1 fully saturated rings. The number of aromatic nitrogens is 1. The fourth-order valence-electron chi connectivity index (χ4n) is 2.68. The molecule has 25 heavy (non-hydrogen) atoms. The van der Waals surface area contributed by atoms with Gasteiger partial charge < -0.3 is 15.4 Å². The van der Waals surface area contributed by atoms with Gasteiger partial charge in [0.1, 0.15) is 12.2 Å². The lowest BCUT2D eigenvalue weighted by Gasteiger charge is -2.32. The van der Waals surface area contributed by atoms with E-state index in [1.165, 1.54) is 12.3 Å². The summed E-state index contributed by atoms with van der Waals surface area (Å²) in [5.41, 5.74) is -1.92. The van der Waals surface area contributed by atoms with E-state index in [2.05, 4.69) is 15.6 Å². The fraction of sp³-hybridized carbons (Fsp3) is 0.647. The quantitative estimate of drug-likeness (QED) is 0.849. The lowest BCUT2D eigenvalue weighted by atomic mass is 9.91. The fourth-order valence-corrected chi connectivity index (χ4v) is 2.68. The number of hydrogen-bond acceptors (Lipinski definition) is 4. The first-order valence-electron chi connectivity index (χ1n) is 8.29. The van der Waals surface area contributed by atoms with Crippen molar-refractivity contribution in [2.75, 3.05) is 13.2 Å². The van der Waals surface area contributed by atoms with Crippen LogP contribution in [-0.4, -0.2) is 36.1 Å². The zero-order valence-electron chi connectivity index (χ0n) is 14.6. The maximum absolute atomic E-state index is 13.0. The molecule has 1 aromatic heterocycles. The van der Waals surface area contributed by atoms with Crippen molar-refractivity contribution in [1.82, 2.24) is 15.6 Å². The minimum Gasteiger partial charge on any atom is -0.476 e. The monoisotopic (exact) mass is 359 g/mol. The van der Waals surface area contributed by atoms with Crippen molar-refractivity contribution in [2.45, 2.75) is 51.9 Å². The van der Waals surface area contributed by atoms with Crippen LogP contribution in [0.5, 0.6) is 5.88 Å². The highest BCUT2D eigenvalue weighted by Crippen LogP contribution is 2.35. The highest BCUT2D eigenvalue weighted by Gasteiger charge is 2.37. The first kappa shape index (κ1) is 19.5. The van der Waals surface area contributed by atoms with Crippen LogP contribution in [0.15, 0.2) is 18.3 Å². The summed E-state index contributed by atoms with van der Waals surface area (Å²) in [5.74, 6) is -0.748. The van der Waals surface area contributed by atoms with Gasteiger partial charge in [-0.15, -0.1) is 0 Å². The third-order valence-corrected chi connectivity index (χ3v) is 4.22. The van der Waals surface area contributed by atoms with Crippen LogP contribution >= 0.6 is 0 Å². The predicted octanol–water partition coefficient (Wildman–Crippen LogP) is 2.76. The van der Waals surface area contributed by atoms with Crippen LogP contribution in [0.25, 0.3) is 0 Å². The molecule has 0 saturated carbocycles. The molecule has 2 rings (SSSR count). The first-order chi connectivity index (χ1) is 11.6. The average Bonchev–Trinajstić information content (AvgIpc) is 2.52. The summed E-state index contributed by atoms with van der Waals surface area (Å²) in [6.07, 6.45) is -1.68. The van der Waals surface area contributed by atoms with Crippen LogP contribution in [0.3, 0.4) is 0 Å². The molecule has 0 spiro atoms. The second-order valence-corrected chi connectivity index (χ2v) is 7.08. The molecule has 0 aliphatic carbocycles. The van der Waals surface area contributed by atoms with Gasteiger partial charge in [0.05, 0.1) is 5.41 Å². The van der Waals surface area contributed by atoms with E-state index in [4.69, 9.17) is 4.74 Å². The van der Waals surface area contributed by atoms with E-state index in [1.54, 1.807) is 13.8 Å². The van der Waals surface area contributed by atoms with E-state index in [-0.39, 0.29) is 18.6 Å². The van der Waals surface area contributed by atoms with Gasteiger partial charge in [-0.05, 0) is 52.3 Å². The zero-order chi connectivity index (χ0) is 18.7. The van der Waals surface area contributed by atoms with Crippen LogP contribution in [0.4, 0.5) is 13.2 Å². The third-order valence-electron chi connectivity index (χ3n) is 4.22. The number of nitrogens with zero attached hydrogens (tertiary/aromatic N) is 1.